The first kappa shape index (κ1) is 15.8. The van der Waals surface area contributed by atoms with Crippen molar-refractivity contribution < 1.29 is 19.1 Å². The Balaban J connectivity index is 1.99. The van der Waals surface area contributed by atoms with E-state index in [1.165, 1.54) is 4.90 Å². The number of amides is 2. The van der Waals surface area contributed by atoms with E-state index in [2.05, 4.69) is 0 Å². The Morgan fingerprint density at radius 2 is 1.76 bits per heavy atom. The maximum atomic E-state index is 12.6. The molecule has 0 saturated carbocycles. The Kier molecular flexibility index (Phi) is 4.54. The second-order valence-electron chi connectivity index (χ2n) is 6.70. The van der Waals surface area contributed by atoms with Gasteiger partial charge >= 0.3 is 6.09 Å². The number of hydrogen-bond acceptors (Lipinski definition) is 4. The van der Waals surface area contributed by atoms with Crippen molar-refractivity contribution in [3.8, 4) is 0 Å². The van der Waals surface area contributed by atoms with Gasteiger partial charge in [0.2, 0.25) is 5.91 Å². The van der Waals surface area contributed by atoms with Crippen molar-refractivity contribution in [3.05, 3.63) is 0 Å². The Bertz CT molecular complexity index is 431. The van der Waals surface area contributed by atoms with Crippen molar-refractivity contribution in [2.24, 2.45) is 0 Å². The number of ether oxygens (including phenoxy) is 1. The van der Waals surface area contributed by atoms with E-state index >= 15 is 0 Å². The second kappa shape index (κ2) is 6.03. The highest BCUT2D eigenvalue weighted by molar-refractivity contribution is 5.88. The van der Waals surface area contributed by atoms with Crippen LogP contribution in [0.5, 0.6) is 0 Å². The topological polar surface area (TPSA) is 66.9 Å². The van der Waals surface area contributed by atoms with Gasteiger partial charge < -0.3 is 9.64 Å². The summed E-state index contributed by atoms with van der Waals surface area (Å²) in [5, 5.41) is 0. The minimum absolute atomic E-state index is 0.0501. The average molecular weight is 296 g/mol. The summed E-state index contributed by atoms with van der Waals surface area (Å²) in [5.74, 6) is 0.153. The van der Waals surface area contributed by atoms with E-state index in [-0.39, 0.29) is 11.7 Å². The summed E-state index contributed by atoms with van der Waals surface area (Å²) in [7, 11) is 0. The molecule has 2 rings (SSSR count). The van der Waals surface area contributed by atoms with Crippen molar-refractivity contribution in [1.82, 2.24) is 9.80 Å². The molecule has 2 fully saturated rings. The van der Waals surface area contributed by atoms with E-state index in [0.29, 0.717) is 38.9 Å². The van der Waals surface area contributed by atoms with Gasteiger partial charge in [-0.15, -0.1) is 0 Å². The van der Waals surface area contributed by atoms with Crippen LogP contribution in [0, 0.1) is 0 Å². The predicted octanol–water partition coefficient (Wildman–Crippen LogP) is 1.58. The number of nitrogens with zero attached hydrogens (tertiary/aromatic N) is 2. The molecular weight excluding hydrogens is 272 g/mol. The normalized spacial score (nSPS) is 23.4. The lowest BCUT2D eigenvalue weighted by atomic mass is 10.1. The predicted molar refractivity (Wildman–Crippen MR) is 76.8 cm³/mol. The molecule has 21 heavy (non-hydrogen) atoms. The molecule has 0 aromatic carbocycles. The van der Waals surface area contributed by atoms with Gasteiger partial charge in [0, 0.05) is 32.5 Å². The second-order valence-corrected chi connectivity index (χ2v) is 6.70. The summed E-state index contributed by atoms with van der Waals surface area (Å²) < 4.78 is 5.37. The van der Waals surface area contributed by atoms with Gasteiger partial charge in [0.15, 0.2) is 0 Å². The SMILES string of the molecule is CC(C)(C)OC(=O)N1CCCC1C(=O)N1CCC(=O)CC1. The molecule has 0 aromatic rings. The van der Waals surface area contributed by atoms with Crippen molar-refractivity contribution >= 4 is 17.8 Å². The zero-order valence-electron chi connectivity index (χ0n) is 13.1. The minimum Gasteiger partial charge on any atom is -0.444 e. The van der Waals surface area contributed by atoms with E-state index < -0.39 is 17.7 Å². The molecule has 1 atom stereocenters. The number of rotatable bonds is 1. The zero-order chi connectivity index (χ0) is 15.6. The molecule has 2 heterocycles. The Morgan fingerprint density at radius 1 is 1.14 bits per heavy atom. The molecule has 2 aliphatic rings. The lowest BCUT2D eigenvalue weighted by molar-refractivity contribution is -0.138. The lowest BCUT2D eigenvalue weighted by Crippen LogP contribution is -2.51. The highest BCUT2D eigenvalue weighted by atomic mass is 16.6. The van der Waals surface area contributed by atoms with Crippen LogP contribution in [0.15, 0.2) is 0 Å². The maximum absolute atomic E-state index is 12.6. The summed E-state index contributed by atoms with van der Waals surface area (Å²) in [5.41, 5.74) is -0.565. The number of piperidine rings is 1. The lowest BCUT2D eigenvalue weighted by Gasteiger charge is -2.33. The van der Waals surface area contributed by atoms with E-state index in [4.69, 9.17) is 4.74 Å². The van der Waals surface area contributed by atoms with E-state index in [0.717, 1.165) is 6.42 Å². The van der Waals surface area contributed by atoms with Crippen LogP contribution in [0.3, 0.4) is 0 Å². The van der Waals surface area contributed by atoms with Crippen LogP contribution in [0.4, 0.5) is 4.79 Å². The van der Waals surface area contributed by atoms with Gasteiger partial charge in [-0.1, -0.05) is 0 Å². The standard InChI is InChI=1S/C15H24N2O4/c1-15(2,3)21-14(20)17-8-4-5-12(17)13(19)16-9-6-11(18)7-10-16/h12H,4-10H2,1-3H3. The average Bonchev–Trinajstić information content (AvgIpc) is 2.86. The van der Waals surface area contributed by atoms with Crippen LogP contribution >= 0.6 is 0 Å². The first-order valence-corrected chi connectivity index (χ1v) is 7.58. The van der Waals surface area contributed by atoms with Crippen LogP contribution in [-0.2, 0) is 14.3 Å². The fourth-order valence-electron chi connectivity index (χ4n) is 2.75. The maximum Gasteiger partial charge on any atom is 0.410 e. The van der Waals surface area contributed by atoms with Gasteiger partial charge in [0.1, 0.15) is 17.4 Å². The molecule has 0 N–H and O–H groups in total. The molecule has 0 aliphatic carbocycles. The van der Waals surface area contributed by atoms with Gasteiger partial charge in [0.05, 0.1) is 0 Å². The summed E-state index contributed by atoms with van der Waals surface area (Å²) in [6.07, 6.45) is 1.90. The van der Waals surface area contributed by atoms with E-state index in [1.807, 2.05) is 20.8 Å². The van der Waals surface area contributed by atoms with Gasteiger partial charge in [-0.3, -0.25) is 14.5 Å². The highest BCUT2D eigenvalue weighted by Crippen LogP contribution is 2.23. The molecule has 0 aromatic heterocycles. The Morgan fingerprint density at radius 3 is 2.33 bits per heavy atom. The van der Waals surface area contributed by atoms with Crippen molar-refractivity contribution in [1.29, 1.82) is 0 Å². The number of ketones is 1. The third-order valence-electron chi connectivity index (χ3n) is 3.80. The Labute approximate surface area is 125 Å². The number of carbonyl (C=O) groups is 3. The number of hydrogen-bond donors (Lipinski definition) is 0. The summed E-state index contributed by atoms with van der Waals surface area (Å²) in [4.78, 5) is 39.2. The van der Waals surface area contributed by atoms with Crippen LogP contribution < -0.4 is 0 Å². The summed E-state index contributed by atoms with van der Waals surface area (Å²) in [6, 6.07) is -0.437. The van der Waals surface area contributed by atoms with Crippen LogP contribution in [0.2, 0.25) is 0 Å². The van der Waals surface area contributed by atoms with Crippen molar-refractivity contribution in [3.63, 3.8) is 0 Å². The van der Waals surface area contributed by atoms with Crippen LogP contribution in [0.25, 0.3) is 0 Å². The number of likely N-dealkylation sites (tertiary alicyclic amines) is 2. The van der Waals surface area contributed by atoms with E-state index in [9.17, 15) is 14.4 Å². The van der Waals surface area contributed by atoms with E-state index in [1.54, 1.807) is 4.90 Å². The molecule has 6 heteroatoms. The molecule has 0 radical (unpaired) electrons. The molecule has 2 amide bonds. The molecule has 2 saturated heterocycles. The van der Waals surface area contributed by atoms with Crippen LogP contribution in [0.1, 0.15) is 46.5 Å². The van der Waals surface area contributed by atoms with Gasteiger partial charge in [-0.05, 0) is 33.6 Å². The third-order valence-corrected chi connectivity index (χ3v) is 3.80. The van der Waals surface area contributed by atoms with Gasteiger partial charge in [-0.2, -0.15) is 0 Å². The smallest absolute Gasteiger partial charge is 0.410 e. The van der Waals surface area contributed by atoms with Gasteiger partial charge in [-0.25, -0.2) is 4.79 Å². The fraction of sp³-hybridized carbons (Fsp3) is 0.800. The molecule has 0 bridgehead atoms. The largest absolute Gasteiger partial charge is 0.444 e. The monoisotopic (exact) mass is 296 g/mol. The first-order chi connectivity index (χ1) is 9.78. The molecular formula is C15H24N2O4. The van der Waals surface area contributed by atoms with Gasteiger partial charge in [0.25, 0.3) is 0 Å². The van der Waals surface area contributed by atoms with Crippen LogP contribution in [-0.4, -0.2) is 58.9 Å². The quantitative estimate of drug-likeness (QED) is 0.737. The molecule has 2 aliphatic heterocycles. The third kappa shape index (κ3) is 3.95. The fourth-order valence-corrected chi connectivity index (χ4v) is 2.75. The first-order valence-electron chi connectivity index (χ1n) is 7.58. The summed E-state index contributed by atoms with van der Waals surface area (Å²) >= 11 is 0. The zero-order valence-corrected chi connectivity index (χ0v) is 13.1. The highest BCUT2D eigenvalue weighted by Gasteiger charge is 2.39. The number of Topliss-reactive ketones (excluding diaryl/α,β-unsaturated/α-hetero) is 1. The van der Waals surface area contributed by atoms with Crippen molar-refractivity contribution in [2.45, 2.75) is 58.1 Å². The molecule has 1 unspecified atom stereocenters. The molecule has 0 spiro atoms. The minimum atomic E-state index is -0.565. The summed E-state index contributed by atoms with van der Waals surface area (Å²) in [6.45, 7) is 6.93. The van der Waals surface area contributed by atoms with Crippen molar-refractivity contribution in [2.75, 3.05) is 19.6 Å². The number of carbonyl (C=O) groups excluding carboxylic acids is 3. The molecule has 118 valence electrons. The Hall–Kier alpha value is -1.59. The molecule has 6 nitrogen and oxygen atoms in total.